The summed E-state index contributed by atoms with van der Waals surface area (Å²) < 4.78 is 28.7. The second kappa shape index (κ2) is 15.5. The number of primary amides is 1. The zero-order valence-electron chi connectivity index (χ0n) is 27.1. The lowest BCUT2D eigenvalue weighted by Gasteiger charge is -2.42. The zero-order valence-corrected chi connectivity index (χ0v) is 27.1. The summed E-state index contributed by atoms with van der Waals surface area (Å²) in [4.78, 5) is 29.1. The first kappa shape index (κ1) is 35.7. The smallest absolute Gasteiger partial charge is 0.249 e. The zero-order chi connectivity index (χ0) is 33.4. The second-order valence-corrected chi connectivity index (χ2v) is 12.5. The molecule has 1 aliphatic carbocycles. The van der Waals surface area contributed by atoms with Crippen molar-refractivity contribution in [3.8, 4) is 12.3 Å². The molecule has 3 atom stereocenters. The molecule has 0 aromatic heterocycles. The maximum absolute atomic E-state index is 14.3. The molecule has 1 aliphatic rings. The van der Waals surface area contributed by atoms with E-state index in [1.165, 1.54) is 23.8 Å². The third kappa shape index (κ3) is 8.68. The standard InChI is InChI=1S/C37H47F2N3O3/c1-7-14-42(15-8-2)34(44)28-16-26(10-4)22-37(23-28,35(40)45)32(20-27-18-30(38)21-31(39)19-27)33(43)24-41-36(5,6)29-13-11-12-25(9-3)17-29/h4,11-13,16-19,21-22,32-33,41,43H,7-9,14-15,20,23-24H2,1-3,5-6H3,(H2,40,45)/t32-,33+,37?/m1/s1. The van der Waals surface area contributed by atoms with Crippen molar-refractivity contribution in [3.63, 3.8) is 0 Å². The normalized spacial score (nSPS) is 17.9. The molecule has 0 spiro atoms. The highest BCUT2D eigenvalue weighted by atomic mass is 19.1. The average molecular weight is 620 g/mol. The summed E-state index contributed by atoms with van der Waals surface area (Å²) in [5.74, 6) is -1.05. The van der Waals surface area contributed by atoms with Crippen LogP contribution in [0.3, 0.4) is 0 Å². The summed E-state index contributed by atoms with van der Waals surface area (Å²) in [5, 5.41) is 15.3. The fraction of sp³-hybridized carbons (Fsp3) is 0.459. The summed E-state index contributed by atoms with van der Waals surface area (Å²) in [5.41, 5.74) is 6.95. The molecule has 4 N–H and O–H groups in total. The minimum Gasteiger partial charge on any atom is -0.391 e. The first-order valence-corrected chi connectivity index (χ1v) is 15.8. The van der Waals surface area contributed by atoms with E-state index < -0.39 is 40.5 Å². The van der Waals surface area contributed by atoms with Crippen molar-refractivity contribution in [2.75, 3.05) is 19.6 Å². The van der Waals surface area contributed by atoms with Crippen LogP contribution in [-0.2, 0) is 28.0 Å². The highest BCUT2D eigenvalue weighted by Gasteiger charge is 2.49. The molecule has 0 heterocycles. The number of nitrogens with one attached hydrogen (secondary N) is 1. The fourth-order valence-corrected chi connectivity index (χ4v) is 6.21. The Morgan fingerprint density at radius 1 is 1.09 bits per heavy atom. The van der Waals surface area contributed by atoms with E-state index in [4.69, 9.17) is 12.2 Å². The highest BCUT2D eigenvalue weighted by molar-refractivity contribution is 5.97. The lowest BCUT2D eigenvalue weighted by atomic mass is 9.63. The molecular formula is C37H47F2N3O3. The van der Waals surface area contributed by atoms with Crippen molar-refractivity contribution in [2.45, 2.75) is 78.4 Å². The van der Waals surface area contributed by atoms with E-state index in [2.05, 4.69) is 24.2 Å². The predicted molar refractivity (Wildman–Crippen MR) is 175 cm³/mol. The number of aryl methyl sites for hydroxylation is 1. The monoisotopic (exact) mass is 619 g/mol. The van der Waals surface area contributed by atoms with Crippen LogP contribution in [0, 0.1) is 35.3 Å². The number of nitrogens with two attached hydrogens (primary N) is 1. The number of aliphatic hydroxyl groups is 1. The molecule has 0 aliphatic heterocycles. The number of terminal acetylenes is 1. The number of carbonyl (C=O) groups excluding carboxylic acids is 2. The summed E-state index contributed by atoms with van der Waals surface area (Å²) in [6.45, 7) is 11.1. The van der Waals surface area contributed by atoms with E-state index in [0.29, 0.717) is 18.7 Å². The SMILES string of the molecule is C#CC1=CC(C(N)=O)([C@H](Cc2cc(F)cc(F)c2)[C@@H](O)CNC(C)(C)c2cccc(CC)c2)CC(C(=O)N(CCC)CCC)=C1. The number of amides is 2. The van der Waals surface area contributed by atoms with Crippen molar-refractivity contribution in [2.24, 2.45) is 17.1 Å². The van der Waals surface area contributed by atoms with Gasteiger partial charge in [-0.3, -0.25) is 9.59 Å². The Morgan fingerprint density at radius 3 is 2.29 bits per heavy atom. The van der Waals surface area contributed by atoms with Gasteiger partial charge in [0.25, 0.3) is 0 Å². The Kier molecular flexibility index (Phi) is 12.3. The maximum Gasteiger partial charge on any atom is 0.249 e. The summed E-state index contributed by atoms with van der Waals surface area (Å²) in [6, 6.07) is 11.2. The Labute approximate surface area is 266 Å². The van der Waals surface area contributed by atoms with Gasteiger partial charge in [-0.1, -0.05) is 57.0 Å². The van der Waals surface area contributed by atoms with Crippen molar-refractivity contribution in [1.82, 2.24) is 10.2 Å². The van der Waals surface area contributed by atoms with Gasteiger partial charge in [0.15, 0.2) is 0 Å². The molecule has 0 fully saturated rings. The van der Waals surface area contributed by atoms with Gasteiger partial charge in [0.1, 0.15) is 11.6 Å². The van der Waals surface area contributed by atoms with Gasteiger partial charge < -0.3 is 21.1 Å². The van der Waals surface area contributed by atoms with Crippen molar-refractivity contribution >= 4 is 11.8 Å². The summed E-state index contributed by atoms with van der Waals surface area (Å²) in [6.07, 6.45) is 9.87. The molecule has 2 amide bonds. The van der Waals surface area contributed by atoms with Gasteiger partial charge in [0.2, 0.25) is 11.8 Å². The number of carbonyl (C=O) groups is 2. The molecule has 0 radical (unpaired) electrons. The lowest BCUT2D eigenvalue weighted by molar-refractivity contribution is -0.132. The molecular weight excluding hydrogens is 572 g/mol. The molecule has 3 rings (SSSR count). The Balaban J connectivity index is 2.08. The van der Waals surface area contributed by atoms with Gasteiger partial charge in [0.05, 0.1) is 11.5 Å². The topological polar surface area (TPSA) is 95.7 Å². The number of halogens is 2. The highest BCUT2D eigenvalue weighted by Crippen LogP contribution is 2.44. The van der Waals surface area contributed by atoms with E-state index in [-0.39, 0.29) is 36.4 Å². The number of rotatable bonds is 15. The van der Waals surface area contributed by atoms with Gasteiger partial charge in [-0.05, 0) is 80.9 Å². The van der Waals surface area contributed by atoms with Crippen LogP contribution in [0.5, 0.6) is 0 Å². The van der Waals surface area contributed by atoms with Crippen LogP contribution in [0.2, 0.25) is 0 Å². The van der Waals surface area contributed by atoms with Gasteiger partial charge in [-0.2, -0.15) is 0 Å². The average Bonchev–Trinajstić information content (AvgIpc) is 3.01. The Bertz CT molecular complexity index is 1450. The summed E-state index contributed by atoms with van der Waals surface area (Å²) >= 11 is 0. The Morgan fingerprint density at radius 2 is 1.73 bits per heavy atom. The van der Waals surface area contributed by atoms with Gasteiger partial charge in [0, 0.05) is 48.3 Å². The van der Waals surface area contributed by atoms with Crippen molar-refractivity contribution in [1.29, 1.82) is 0 Å². The largest absolute Gasteiger partial charge is 0.391 e. The van der Waals surface area contributed by atoms with Crippen LogP contribution in [0.15, 0.2) is 65.8 Å². The van der Waals surface area contributed by atoms with E-state index in [0.717, 1.165) is 30.9 Å². The van der Waals surface area contributed by atoms with E-state index in [9.17, 15) is 23.5 Å². The molecule has 2 aromatic rings. The van der Waals surface area contributed by atoms with Crippen LogP contribution in [0.25, 0.3) is 0 Å². The molecule has 242 valence electrons. The fourth-order valence-electron chi connectivity index (χ4n) is 6.21. The maximum atomic E-state index is 14.3. The molecule has 0 saturated heterocycles. The third-order valence-electron chi connectivity index (χ3n) is 8.71. The minimum atomic E-state index is -1.62. The molecule has 6 nitrogen and oxygen atoms in total. The number of hydrogen-bond donors (Lipinski definition) is 3. The van der Waals surface area contributed by atoms with Crippen molar-refractivity contribution in [3.05, 3.63) is 94.1 Å². The quantitative estimate of drug-likeness (QED) is 0.227. The molecule has 8 heteroatoms. The molecule has 45 heavy (non-hydrogen) atoms. The molecule has 2 aromatic carbocycles. The Hall–Kier alpha value is -3.80. The number of aliphatic hydroxyl groups excluding tert-OH is 1. The summed E-state index contributed by atoms with van der Waals surface area (Å²) in [7, 11) is 0. The molecule has 1 unspecified atom stereocenters. The van der Waals surface area contributed by atoms with Crippen LogP contribution in [0.4, 0.5) is 8.78 Å². The first-order valence-electron chi connectivity index (χ1n) is 15.8. The number of benzene rings is 2. The van der Waals surface area contributed by atoms with E-state index >= 15 is 0 Å². The van der Waals surface area contributed by atoms with Crippen LogP contribution >= 0.6 is 0 Å². The number of allylic oxidation sites excluding steroid dienone is 2. The lowest BCUT2D eigenvalue weighted by Crippen LogP contribution is -2.53. The van der Waals surface area contributed by atoms with Crippen LogP contribution in [-0.4, -0.2) is 47.6 Å². The minimum absolute atomic E-state index is 0.0187. The van der Waals surface area contributed by atoms with E-state index in [1.54, 1.807) is 11.0 Å². The number of nitrogens with zero attached hydrogens (tertiary/aromatic N) is 1. The first-order chi connectivity index (χ1) is 21.3. The van der Waals surface area contributed by atoms with Gasteiger partial charge in [-0.15, -0.1) is 6.42 Å². The van der Waals surface area contributed by atoms with Gasteiger partial charge in [-0.25, -0.2) is 8.78 Å². The predicted octanol–water partition coefficient (Wildman–Crippen LogP) is 5.58. The second-order valence-electron chi connectivity index (χ2n) is 12.5. The van der Waals surface area contributed by atoms with Crippen molar-refractivity contribution < 1.29 is 23.5 Å². The van der Waals surface area contributed by atoms with Gasteiger partial charge >= 0.3 is 0 Å². The van der Waals surface area contributed by atoms with E-state index in [1.807, 2.05) is 45.9 Å². The molecule has 0 saturated carbocycles. The van der Waals surface area contributed by atoms with Crippen LogP contribution < -0.4 is 11.1 Å². The number of hydrogen-bond acceptors (Lipinski definition) is 4. The third-order valence-corrected chi connectivity index (χ3v) is 8.71. The van der Waals surface area contributed by atoms with Crippen LogP contribution in [0.1, 0.15) is 70.6 Å². The molecule has 0 bridgehead atoms.